The SMILES string of the molecule is CC(=O)CCC1c2ccc(-c3noc(-c4ccc(OC(C)C)c(C)c4)n3)cc2CCCN1C=O. The van der Waals surface area contributed by atoms with E-state index in [0.29, 0.717) is 31.1 Å². The van der Waals surface area contributed by atoms with Crippen LogP contribution in [-0.4, -0.2) is 39.9 Å². The van der Waals surface area contributed by atoms with Gasteiger partial charge in [-0.1, -0.05) is 17.3 Å². The summed E-state index contributed by atoms with van der Waals surface area (Å²) in [4.78, 5) is 29.7. The van der Waals surface area contributed by atoms with Gasteiger partial charge in [-0.05, 0) is 87.9 Å². The number of nitrogens with zero attached hydrogens (tertiary/aromatic N) is 3. The first-order valence-electron chi connectivity index (χ1n) is 11.8. The van der Waals surface area contributed by atoms with E-state index >= 15 is 0 Å². The molecule has 0 saturated carbocycles. The van der Waals surface area contributed by atoms with Gasteiger partial charge < -0.3 is 19.0 Å². The van der Waals surface area contributed by atoms with Gasteiger partial charge in [0.2, 0.25) is 12.2 Å². The van der Waals surface area contributed by atoms with E-state index in [2.05, 4.69) is 16.2 Å². The van der Waals surface area contributed by atoms with Crippen LogP contribution in [0.4, 0.5) is 0 Å². The molecular weight excluding hydrogens is 430 g/mol. The molecule has 0 radical (unpaired) electrons. The molecule has 34 heavy (non-hydrogen) atoms. The Morgan fingerprint density at radius 2 is 2.03 bits per heavy atom. The molecule has 178 valence electrons. The largest absolute Gasteiger partial charge is 0.491 e. The first kappa shape index (κ1) is 23.7. The lowest BCUT2D eigenvalue weighted by molar-refractivity contribution is -0.122. The molecule has 3 aromatic rings. The fourth-order valence-electron chi connectivity index (χ4n) is 4.49. The minimum Gasteiger partial charge on any atom is -0.491 e. The number of amides is 1. The summed E-state index contributed by atoms with van der Waals surface area (Å²) in [6.07, 6.45) is 3.80. The lowest BCUT2D eigenvalue weighted by atomic mass is 9.93. The third-order valence-corrected chi connectivity index (χ3v) is 6.14. The molecule has 2 heterocycles. The van der Waals surface area contributed by atoms with Gasteiger partial charge in [-0.3, -0.25) is 4.79 Å². The van der Waals surface area contributed by atoms with Crippen molar-refractivity contribution >= 4 is 12.2 Å². The highest BCUT2D eigenvalue weighted by atomic mass is 16.5. The minimum absolute atomic E-state index is 0.0941. The standard InChI is InChI=1S/C27H31N3O4/c1-17(2)33-25-12-9-22(14-18(25)3)27-28-26(29-34-27)21-8-10-23-20(15-21)6-5-13-30(16-31)24(23)11-7-19(4)32/h8-10,12,14-17,24H,5-7,11,13H2,1-4H3. The van der Waals surface area contributed by atoms with Crippen molar-refractivity contribution in [3.63, 3.8) is 0 Å². The Labute approximate surface area is 200 Å². The van der Waals surface area contributed by atoms with Gasteiger partial charge in [0.15, 0.2) is 0 Å². The highest BCUT2D eigenvalue weighted by Gasteiger charge is 2.25. The molecule has 1 aliphatic rings. The van der Waals surface area contributed by atoms with Gasteiger partial charge in [-0.25, -0.2) is 0 Å². The van der Waals surface area contributed by atoms with Crippen molar-refractivity contribution in [2.24, 2.45) is 0 Å². The summed E-state index contributed by atoms with van der Waals surface area (Å²) in [5.41, 5.74) is 4.97. The third-order valence-electron chi connectivity index (χ3n) is 6.14. The number of carbonyl (C=O) groups excluding carboxylic acids is 2. The van der Waals surface area contributed by atoms with Crippen molar-refractivity contribution in [2.45, 2.75) is 65.5 Å². The van der Waals surface area contributed by atoms with Crippen molar-refractivity contribution < 1.29 is 18.8 Å². The molecule has 2 aromatic carbocycles. The Balaban J connectivity index is 1.61. The molecule has 1 aromatic heterocycles. The number of hydrogen-bond donors (Lipinski definition) is 0. The zero-order valence-electron chi connectivity index (χ0n) is 20.2. The molecule has 1 aliphatic heterocycles. The Bertz CT molecular complexity index is 1180. The maximum absolute atomic E-state index is 11.7. The number of aromatic nitrogens is 2. The molecule has 1 unspecified atom stereocenters. The molecular formula is C27H31N3O4. The Morgan fingerprint density at radius 1 is 1.24 bits per heavy atom. The fourth-order valence-corrected chi connectivity index (χ4v) is 4.49. The van der Waals surface area contributed by atoms with Crippen molar-refractivity contribution in [2.75, 3.05) is 6.54 Å². The molecule has 0 fully saturated rings. The molecule has 1 amide bonds. The Hall–Kier alpha value is -3.48. The van der Waals surface area contributed by atoms with E-state index in [-0.39, 0.29) is 17.9 Å². The highest BCUT2D eigenvalue weighted by molar-refractivity contribution is 5.75. The number of ketones is 1. The van der Waals surface area contributed by atoms with Crippen LogP contribution in [0.1, 0.15) is 62.8 Å². The van der Waals surface area contributed by atoms with E-state index < -0.39 is 0 Å². The van der Waals surface area contributed by atoms with Crippen molar-refractivity contribution in [1.29, 1.82) is 0 Å². The van der Waals surface area contributed by atoms with E-state index in [1.807, 2.05) is 56.0 Å². The second kappa shape index (κ2) is 10.2. The topological polar surface area (TPSA) is 85.5 Å². The smallest absolute Gasteiger partial charge is 0.258 e. The predicted molar refractivity (Wildman–Crippen MR) is 129 cm³/mol. The summed E-state index contributed by atoms with van der Waals surface area (Å²) in [5.74, 6) is 1.95. The van der Waals surface area contributed by atoms with Gasteiger partial charge in [0.05, 0.1) is 12.1 Å². The average molecular weight is 462 g/mol. The summed E-state index contributed by atoms with van der Waals surface area (Å²) in [7, 11) is 0. The van der Waals surface area contributed by atoms with Crippen LogP contribution in [0.3, 0.4) is 0 Å². The number of benzene rings is 2. The van der Waals surface area contributed by atoms with Crippen molar-refractivity contribution in [3.05, 3.63) is 53.1 Å². The highest BCUT2D eigenvalue weighted by Crippen LogP contribution is 2.34. The quantitative estimate of drug-likeness (QED) is 0.422. The lowest BCUT2D eigenvalue weighted by Gasteiger charge is -2.27. The van der Waals surface area contributed by atoms with Crippen LogP contribution in [0.25, 0.3) is 22.8 Å². The number of rotatable bonds is 8. The molecule has 7 heteroatoms. The maximum atomic E-state index is 11.7. The summed E-state index contributed by atoms with van der Waals surface area (Å²) in [5, 5.41) is 4.22. The van der Waals surface area contributed by atoms with Crippen LogP contribution in [0.5, 0.6) is 5.75 Å². The zero-order valence-corrected chi connectivity index (χ0v) is 20.2. The molecule has 1 atom stereocenters. The second-order valence-electron chi connectivity index (χ2n) is 9.19. The number of Topliss-reactive ketones (excluding diaryl/α,β-unsaturated/α-hetero) is 1. The number of ether oxygens (including phenoxy) is 1. The minimum atomic E-state index is -0.0941. The lowest BCUT2D eigenvalue weighted by Crippen LogP contribution is -2.27. The number of fused-ring (bicyclic) bond motifs is 1. The second-order valence-corrected chi connectivity index (χ2v) is 9.19. The molecule has 0 spiro atoms. The summed E-state index contributed by atoms with van der Waals surface area (Å²) in [6.45, 7) is 8.26. The zero-order chi connectivity index (χ0) is 24.2. The van der Waals surface area contributed by atoms with E-state index in [4.69, 9.17) is 9.26 Å². The van der Waals surface area contributed by atoms with Crippen LogP contribution >= 0.6 is 0 Å². The first-order valence-corrected chi connectivity index (χ1v) is 11.8. The van der Waals surface area contributed by atoms with Crippen LogP contribution in [0, 0.1) is 6.92 Å². The third kappa shape index (κ3) is 5.19. The summed E-state index contributed by atoms with van der Waals surface area (Å²) in [6, 6.07) is 11.8. The molecule has 0 bridgehead atoms. The van der Waals surface area contributed by atoms with E-state index in [1.54, 1.807) is 6.92 Å². The van der Waals surface area contributed by atoms with E-state index in [9.17, 15) is 9.59 Å². The van der Waals surface area contributed by atoms with Gasteiger partial charge >= 0.3 is 0 Å². The van der Waals surface area contributed by atoms with Crippen LogP contribution in [0.15, 0.2) is 40.9 Å². The molecule has 7 nitrogen and oxygen atoms in total. The normalized spacial score (nSPS) is 15.7. The number of hydrogen-bond acceptors (Lipinski definition) is 6. The van der Waals surface area contributed by atoms with Gasteiger partial charge in [0, 0.05) is 24.1 Å². The summed E-state index contributed by atoms with van der Waals surface area (Å²) >= 11 is 0. The van der Waals surface area contributed by atoms with Crippen LogP contribution in [0.2, 0.25) is 0 Å². The average Bonchev–Trinajstić information content (AvgIpc) is 3.22. The predicted octanol–water partition coefficient (Wildman–Crippen LogP) is 5.31. The summed E-state index contributed by atoms with van der Waals surface area (Å²) < 4.78 is 11.4. The van der Waals surface area contributed by atoms with Crippen molar-refractivity contribution in [1.82, 2.24) is 15.0 Å². The maximum Gasteiger partial charge on any atom is 0.258 e. The molecule has 0 saturated heterocycles. The van der Waals surface area contributed by atoms with Crippen LogP contribution < -0.4 is 4.74 Å². The van der Waals surface area contributed by atoms with Gasteiger partial charge in [-0.15, -0.1) is 0 Å². The Kier molecular flexibility index (Phi) is 7.10. The Morgan fingerprint density at radius 3 is 2.74 bits per heavy atom. The monoisotopic (exact) mass is 461 g/mol. The van der Waals surface area contributed by atoms with Crippen molar-refractivity contribution in [3.8, 4) is 28.6 Å². The van der Waals surface area contributed by atoms with E-state index in [0.717, 1.165) is 52.8 Å². The number of aryl methyl sites for hydroxylation is 2. The first-order chi connectivity index (χ1) is 16.4. The molecule has 0 aliphatic carbocycles. The molecule has 4 rings (SSSR count). The van der Waals surface area contributed by atoms with Gasteiger partial charge in [-0.2, -0.15) is 4.98 Å². The van der Waals surface area contributed by atoms with Crippen LogP contribution in [-0.2, 0) is 16.0 Å². The van der Waals surface area contributed by atoms with E-state index in [1.165, 1.54) is 0 Å². The van der Waals surface area contributed by atoms with Gasteiger partial charge in [0.1, 0.15) is 11.5 Å². The fraction of sp³-hybridized carbons (Fsp3) is 0.407. The number of carbonyl (C=O) groups is 2. The molecule has 0 N–H and O–H groups in total. The van der Waals surface area contributed by atoms with Gasteiger partial charge in [0.25, 0.3) is 5.89 Å².